The zero-order chi connectivity index (χ0) is 16.2. The van der Waals surface area contributed by atoms with Crippen molar-refractivity contribution in [2.24, 2.45) is 0 Å². The Morgan fingerprint density at radius 2 is 2.04 bits per heavy atom. The Hall–Kier alpha value is -1.26. The standard InChI is InChI=1S/C18H30N2O2.ClH/c1-4-5-6-7-13-22-18-10-8-9-17(14-18)11-12-19-15-20(3)16(2)21;/h8-10,14,19H,4-7,11-13,15H2,1-3H3;1H. The Balaban J connectivity index is 0.00000484. The van der Waals surface area contributed by atoms with Gasteiger partial charge in [-0.15, -0.1) is 12.4 Å². The van der Waals surface area contributed by atoms with Crippen LogP contribution in [0.5, 0.6) is 5.75 Å². The Kier molecular flexibility index (Phi) is 12.5. The molecule has 0 aliphatic heterocycles. The first kappa shape index (κ1) is 21.7. The number of nitrogens with zero attached hydrogens (tertiary/aromatic N) is 1. The summed E-state index contributed by atoms with van der Waals surface area (Å²) in [6.45, 7) is 6.02. The monoisotopic (exact) mass is 342 g/mol. The quantitative estimate of drug-likeness (QED) is 0.493. The Labute approximate surface area is 147 Å². The zero-order valence-corrected chi connectivity index (χ0v) is 15.5. The van der Waals surface area contributed by atoms with Gasteiger partial charge in [0.15, 0.2) is 0 Å². The number of hydrogen-bond donors (Lipinski definition) is 1. The highest BCUT2D eigenvalue weighted by atomic mass is 35.5. The number of unbranched alkanes of at least 4 members (excludes halogenated alkanes) is 3. The van der Waals surface area contributed by atoms with Gasteiger partial charge in [-0.1, -0.05) is 38.3 Å². The highest BCUT2D eigenvalue weighted by Gasteiger charge is 2.01. The van der Waals surface area contributed by atoms with Gasteiger partial charge in [-0.25, -0.2) is 0 Å². The first-order valence-corrected chi connectivity index (χ1v) is 8.27. The summed E-state index contributed by atoms with van der Waals surface area (Å²) < 4.78 is 5.80. The van der Waals surface area contributed by atoms with Crippen molar-refractivity contribution in [2.75, 3.05) is 26.9 Å². The van der Waals surface area contributed by atoms with Crippen LogP contribution in [0.15, 0.2) is 24.3 Å². The van der Waals surface area contributed by atoms with Crippen LogP contribution in [0.3, 0.4) is 0 Å². The molecule has 0 heterocycles. The second kappa shape index (κ2) is 13.2. The molecule has 1 rings (SSSR count). The number of carbonyl (C=O) groups excluding carboxylic acids is 1. The number of amides is 1. The van der Waals surface area contributed by atoms with Crippen molar-refractivity contribution < 1.29 is 9.53 Å². The van der Waals surface area contributed by atoms with Crippen LogP contribution in [-0.4, -0.2) is 37.7 Å². The summed E-state index contributed by atoms with van der Waals surface area (Å²) in [6.07, 6.45) is 5.82. The summed E-state index contributed by atoms with van der Waals surface area (Å²) >= 11 is 0. The highest BCUT2D eigenvalue weighted by Crippen LogP contribution is 2.14. The number of hydrogen-bond acceptors (Lipinski definition) is 3. The molecular formula is C18H31ClN2O2. The molecular weight excluding hydrogens is 312 g/mol. The van der Waals surface area contributed by atoms with Crippen LogP contribution in [0.4, 0.5) is 0 Å². The lowest BCUT2D eigenvalue weighted by atomic mass is 10.1. The molecule has 0 fully saturated rings. The molecule has 132 valence electrons. The molecule has 23 heavy (non-hydrogen) atoms. The second-order valence-electron chi connectivity index (χ2n) is 5.68. The number of nitrogens with one attached hydrogen (secondary N) is 1. The number of rotatable bonds is 11. The van der Waals surface area contributed by atoms with Gasteiger partial charge in [-0.2, -0.15) is 0 Å². The maximum atomic E-state index is 11.1. The predicted molar refractivity (Wildman–Crippen MR) is 98.3 cm³/mol. The third-order valence-corrected chi connectivity index (χ3v) is 3.64. The topological polar surface area (TPSA) is 41.6 Å². The molecule has 0 unspecified atom stereocenters. The molecule has 0 saturated carbocycles. The number of carbonyl (C=O) groups is 1. The van der Waals surface area contributed by atoms with Gasteiger partial charge in [0.1, 0.15) is 5.75 Å². The average Bonchev–Trinajstić information content (AvgIpc) is 2.51. The summed E-state index contributed by atoms with van der Waals surface area (Å²) in [4.78, 5) is 12.8. The lowest BCUT2D eigenvalue weighted by molar-refractivity contribution is -0.127. The van der Waals surface area contributed by atoms with Crippen molar-refractivity contribution in [1.29, 1.82) is 0 Å². The zero-order valence-electron chi connectivity index (χ0n) is 14.6. The van der Waals surface area contributed by atoms with Crippen molar-refractivity contribution in [3.63, 3.8) is 0 Å². The van der Waals surface area contributed by atoms with Crippen LogP contribution in [0.25, 0.3) is 0 Å². The van der Waals surface area contributed by atoms with Gasteiger partial charge in [0.25, 0.3) is 0 Å². The maximum absolute atomic E-state index is 11.1. The minimum Gasteiger partial charge on any atom is -0.494 e. The summed E-state index contributed by atoms with van der Waals surface area (Å²) in [5, 5.41) is 3.27. The van der Waals surface area contributed by atoms with E-state index in [1.807, 2.05) is 12.1 Å². The Morgan fingerprint density at radius 1 is 1.26 bits per heavy atom. The van der Waals surface area contributed by atoms with Gasteiger partial charge in [-0.05, 0) is 30.5 Å². The molecule has 1 amide bonds. The fraction of sp³-hybridized carbons (Fsp3) is 0.611. The molecule has 0 radical (unpaired) electrons. The van der Waals surface area contributed by atoms with E-state index in [0.717, 1.165) is 31.7 Å². The first-order valence-electron chi connectivity index (χ1n) is 8.27. The molecule has 0 saturated heterocycles. The minimum absolute atomic E-state index is 0. The molecule has 0 aromatic heterocycles. The van der Waals surface area contributed by atoms with Crippen molar-refractivity contribution in [3.8, 4) is 5.75 Å². The molecule has 5 heteroatoms. The minimum atomic E-state index is 0. The van der Waals surface area contributed by atoms with Crippen molar-refractivity contribution in [1.82, 2.24) is 10.2 Å². The highest BCUT2D eigenvalue weighted by molar-refractivity contribution is 5.85. The molecule has 0 atom stereocenters. The lowest BCUT2D eigenvalue weighted by Gasteiger charge is -2.15. The maximum Gasteiger partial charge on any atom is 0.220 e. The SMILES string of the molecule is CCCCCCOc1cccc(CCNCN(C)C(C)=O)c1.Cl. The fourth-order valence-corrected chi connectivity index (χ4v) is 2.10. The average molecular weight is 343 g/mol. The van der Waals surface area contributed by atoms with Gasteiger partial charge in [0.2, 0.25) is 5.91 Å². The lowest BCUT2D eigenvalue weighted by Crippen LogP contribution is -2.35. The van der Waals surface area contributed by atoms with Crippen LogP contribution in [-0.2, 0) is 11.2 Å². The van der Waals surface area contributed by atoms with Crippen molar-refractivity contribution in [2.45, 2.75) is 46.0 Å². The van der Waals surface area contributed by atoms with Gasteiger partial charge in [-0.3, -0.25) is 10.1 Å². The Bertz CT molecular complexity index is 441. The summed E-state index contributed by atoms with van der Waals surface area (Å²) in [7, 11) is 1.79. The first-order chi connectivity index (χ1) is 10.6. The third-order valence-electron chi connectivity index (χ3n) is 3.64. The van der Waals surface area contributed by atoms with E-state index in [2.05, 4.69) is 24.4 Å². The molecule has 1 N–H and O–H groups in total. The smallest absolute Gasteiger partial charge is 0.220 e. The van der Waals surface area contributed by atoms with Gasteiger partial charge >= 0.3 is 0 Å². The van der Waals surface area contributed by atoms with Crippen LogP contribution in [0.1, 0.15) is 45.1 Å². The van der Waals surface area contributed by atoms with Crippen LogP contribution >= 0.6 is 12.4 Å². The number of benzene rings is 1. The number of halogens is 1. The normalized spacial score (nSPS) is 10.0. The van der Waals surface area contributed by atoms with Gasteiger partial charge in [0, 0.05) is 20.5 Å². The third kappa shape index (κ3) is 10.2. The molecule has 1 aromatic carbocycles. The Morgan fingerprint density at radius 3 is 2.74 bits per heavy atom. The van der Waals surface area contributed by atoms with Crippen LogP contribution < -0.4 is 10.1 Å². The second-order valence-corrected chi connectivity index (χ2v) is 5.68. The van der Waals surface area contributed by atoms with E-state index in [-0.39, 0.29) is 18.3 Å². The predicted octanol–water partition coefficient (Wildman–Crippen LogP) is 3.64. The van der Waals surface area contributed by atoms with E-state index < -0.39 is 0 Å². The molecule has 0 aliphatic rings. The van der Waals surface area contributed by atoms with E-state index in [1.54, 1.807) is 18.9 Å². The summed E-state index contributed by atoms with van der Waals surface area (Å²) in [5.41, 5.74) is 1.25. The van der Waals surface area contributed by atoms with Crippen LogP contribution in [0, 0.1) is 0 Å². The van der Waals surface area contributed by atoms with E-state index >= 15 is 0 Å². The molecule has 0 spiro atoms. The fourth-order valence-electron chi connectivity index (χ4n) is 2.10. The molecule has 0 aliphatic carbocycles. The van der Waals surface area contributed by atoms with E-state index in [9.17, 15) is 4.79 Å². The van der Waals surface area contributed by atoms with Crippen LogP contribution in [0.2, 0.25) is 0 Å². The summed E-state index contributed by atoms with van der Waals surface area (Å²) in [5.74, 6) is 1.03. The van der Waals surface area contributed by atoms with E-state index in [0.29, 0.717) is 6.67 Å². The number of ether oxygens (including phenoxy) is 1. The van der Waals surface area contributed by atoms with Crippen molar-refractivity contribution in [3.05, 3.63) is 29.8 Å². The van der Waals surface area contributed by atoms with Crippen molar-refractivity contribution >= 4 is 18.3 Å². The largest absolute Gasteiger partial charge is 0.494 e. The summed E-state index contributed by atoms with van der Waals surface area (Å²) in [6, 6.07) is 8.27. The van der Waals surface area contributed by atoms with Gasteiger partial charge in [0.05, 0.1) is 13.3 Å². The molecule has 4 nitrogen and oxygen atoms in total. The van der Waals surface area contributed by atoms with E-state index in [1.165, 1.54) is 24.8 Å². The van der Waals surface area contributed by atoms with Gasteiger partial charge < -0.3 is 9.64 Å². The molecule has 1 aromatic rings. The molecule has 0 bridgehead atoms. The van der Waals surface area contributed by atoms with E-state index in [4.69, 9.17) is 4.74 Å².